The van der Waals surface area contributed by atoms with Gasteiger partial charge in [0, 0.05) is 31.5 Å². The number of amides is 3. The zero-order chi connectivity index (χ0) is 22.9. The molecule has 1 aromatic heterocycles. The van der Waals surface area contributed by atoms with Gasteiger partial charge in [-0.15, -0.1) is 0 Å². The number of hydrogen-bond donors (Lipinski definition) is 0. The van der Waals surface area contributed by atoms with Crippen molar-refractivity contribution < 1.29 is 23.4 Å². The average molecular weight is 442 g/mol. The van der Waals surface area contributed by atoms with Crippen LogP contribution in [0.4, 0.5) is 4.39 Å². The predicted molar refractivity (Wildman–Crippen MR) is 112 cm³/mol. The minimum Gasteiger partial charge on any atom is -0.340 e. The molecule has 1 aliphatic carbocycles. The normalized spacial score (nSPS) is 21.9. The van der Waals surface area contributed by atoms with E-state index in [1.807, 2.05) is 0 Å². The monoisotopic (exact) mass is 442 g/mol. The van der Waals surface area contributed by atoms with Crippen LogP contribution in [0.3, 0.4) is 0 Å². The lowest BCUT2D eigenvalue weighted by Crippen LogP contribution is -2.47. The molecule has 2 heterocycles. The topological polar surface area (TPSA) is 96.6 Å². The van der Waals surface area contributed by atoms with Crippen LogP contribution in [0, 0.1) is 12.7 Å². The average Bonchev–Trinajstić information content (AvgIpc) is 3.29. The zero-order valence-corrected chi connectivity index (χ0v) is 18.3. The van der Waals surface area contributed by atoms with Crippen molar-refractivity contribution in [3.8, 4) is 0 Å². The van der Waals surface area contributed by atoms with E-state index < -0.39 is 17.1 Å². The van der Waals surface area contributed by atoms with Crippen molar-refractivity contribution in [2.24, 2.45) is 0 Å². The first-order chi connectivity index (χ1) is 15.3. The maximum absolute atomic E-state index is 14.9. The molecule has 32 heavy (non-hydrogen) atoms. The largest absolute Gasteiger partial charge is 0.340 e. The third-order valence-corrected chi connectivity index (χ3v) is 6.69. The third kappa shape index (κ3) is 3.91. The quantitative estimate of drug-likeness (QED) is 0.638. The molecule has 0 spiro atoms. The van der Waals surface area contributed by atoms with E-state index >= 15 is 0 Å². The van der Waals surface area contributed by atoms with Gasteiger partial charge in [0.15, 0.2) is 0 Å². The smallest absolute Gasteiger partial charge is 0.241 e. The Balaban J connectivity index is 1.66. The fourth-order valence-corrected chi connectivity index (χ4v) is 4.86. The van der Waals surface area contributed by atoms with Gasteiger partial charge in [0.05, 0.1) is 12.0 Å². The van der Waals surface area contributed by atoms with Gasteiger partial charge in [-0.1, -0.05) is 47.8 Å². The van der Waals surface area contributed by atoms with E-state index in [-0.39, 0.29) is 42.8 Å². The summed E-state index contributed by atoms with van der Waals surface area (Å²) in [5.41, 5.74) is -0.400. The molecule has 0 radical (unpaired) electrons. The van der Waals surface area contributed by atoms with Crippen molar-refractivity contribution >= 4 is 17.7 Å². The van der Waals surface area contributed by atoms with Crippen molar-refractivity contribution in [3.63, 3.8) is 0 Å². The molecule has 4 rings (SSSR count). The second-order valence-electron chi connectivity index (χ2n) is 8.82. The molecule has 0 bridgehead atoms. The first-order valence-corrected chi connectivity index (χ1v) is 11.0. The van der Waals surface area contributed by atoms with Gasteiger partial charge in [-0.25, -0.2) is 9.02 Å². The molecular weight excluding hydrogens is 415 g/mol. The number of nitrogens with zero attached hydrogens (tertiary/aromatic N) is 4. The first-order valence-electron chi connectivity index (χ1n) is 11.0. The number of carbonyl (C=O) groups is 3. The molecule has 0 unspecified atom stereocenters. The Kier molecular flexibility index (Phi) is 6.08. The summed E-state index contributed by atoms with van der Waals surface area (Å²) >= 11 is 0. The number of halogens is 1. The molecule has 8 nitrogen and oxygen atoms in total. The molecule has 1 saturated carbocycles. The highest BCUT2D eigenvalue weighted by molar-refractivity contribution is 6.11. The highest BCUT2D eigenvalue weighted by Crippen LogP contribution is 2.43. The summed E-state index contributed by atoms with van der Waals surface area (Å²) < 4.78 is 19.6. The lowest BCUT2D eigenvalue weighted by Gasteiger charge is -2.33. The van der Waals surface area contributed by atoms with Crippen LogP contribution >= 0.6 is 0 Å². The van der Waals surface area contributed by atoms with Gasteiger partial charge in [0.1, 0.15) is 17.2 Å². The molecule has 1 atom stereocenters. The van der Waals surface area contributed by atoms with Crippen LogP contribution in [0.5, 0.6) is 0 Å². The van der Waals surface area contributed by atoms with Crippen molar-refractivity contribution in [2.75, 3.05) is 7.05 Å². The second-order valence-corrected chi connectivity index (χ2v) is 8.82. The van der Waals surface area contributed by atoms with Crippen LogP contribution < -0.4 is 0 Å². The molecule has 1 saturated heterocycles. The summed E-state index contributed by atoms with van der Waals surface area (Å²) in [6, 6.07) is 5.73. The van der Waals surface area contributed by atoms with Crippen LogP contribution in [0.25, 0.3) is 0 Å². The van der Waals surface area contributed by atoms with Gasteiger partial charge in [-0.3, -0.25) is 19.3 Å². The van der Waals surface area contributed by atoms with E-state index in [0.717, 1.165) is 32.1 Å². The van der Waals surface area contributed by atoms with Crippen LogP contribution in [0.15, 0.2) is 28.9 Å². The predicted octanol–water partition coefficient (Wildman–Crippen LogP) is 2.90. The number of hydrogen-bond acceptors (Lipinski definition) is 6. The SMILES string of the molecule is Cc1nonc1CN(C)C(=O)C[C@]1(c2ccccc2F)CC(=O)N(C2CCCCC2)C1=O. The minimum atomic E-state index is -1.55. The molecule has 2 fully saturated rings. The number of rotatable bonds is 6. The number of imide groups is 1. The summed E-state index contributed by atoms with van der Waals surface area (Å²) in [5, 5.41) is 7.50. The van der Waals surface area contributed by atoms with E-state index in [1.165, 1.54) is 28.0 Å². The molecule has 170 valence electrons. The van der Waals surface area contributed by atoms with E-state index in [9.17, 15) is 18.8 Å². The van der Waals surface area contributed by atoms with Crippen LogP contribution in [-0.2, 0) is 26.3 Å². The summed E-state index contributed by atoms with van der Waals surface area (Å²) in [4.78, 5) is 42.7. The Morgan fingerprint density at radius 2 is 1.94 bits per heavy atom. The number of aromatic nitrogens is 2. The molecule has 3 amide bonds. The fraction of sp³-hybridized carbons (Fsp3) is 0.522. The Morgan fingerprint density at radius 3 is 2.59 bits per heavy atom. The lowest BCUT2D eigenvalue weighted by molar-refractivity contribution is -0.145. The highest BCUT2D eigenvalue weighted by atomic mass is 19.1. The number of benzene rings is 1. The summed E-state index contributed by atoms with van der Waals surface area (Å²) in [6.45, 7) is 1.85. The Morgan fingerprint density at radius 1 is 1.22 bits per heavy atom. The Labute approximate surface area is 185 Å². The molecule has 0 N–H and O–H groups in total. The number of carbonyl (C=O) groups excluding carboxylic acids is 3. The molecule has 2 aromatic rings. The highest BCUT2D eigenvalue weighted by Gasteiger charge is 2.56. The van der Waals surface area contributed by atoms with Crippen molar-refractivity contribution in [2.45, 2.75) is 69.9 Å². The maximum atomic E-state index is 14.9. The third-order valence-electron chi connectivity index (χ3n) is 6.69. The van der Waals surface area contributed by atoms with Gasteiger partial charge in [0.25, 0.3) is 0 Å². The zero-order valence-electron chi connectivity index (χ0n) is 18.3. The molecule has 1 aromatic carbocycles. The molecule has 9 heteroatoms. The number of aryl methyl sites for hydroxylation is 1. The molecule has 1 aliphatic heterocycles. The van der Waals surface area contributed by atoms with Crippen LogP contribution in [0.2, 0.25) is 0 Å². The molecule has 2 aliphatic rings. The van der Waals surface area contributed by atoms with E-state index in [4.69, 9.17) is 0 Å². The maximum Gasteiger partial charge on any atom is 0.241 e. The summed E-state index contributed by atoms with van der Waals surface area (Å²) in [7, 11) is 1.58. The standard InChI is InChI=1S/C23H27FN4O4/c1-15-19(26-32-25-15)14-27(2)20(29)12-23(17-10-6-7-11-18(17)24)13-21(30)28(22(23)31)16-8-4-3-5-9-16/h6-7,10-11,16H,3-5,8-9,12-14H2,1-2H3/t23-/m1/s1. The second kappa shape index (κ2) is 8.80. The van der Waals surface area contributed by atoms with Gasteiger partial charge in [-0.05, 0) is 25.8 Å². The van der Waals surface area contributed by atoms with Crippen LogP contribution in [0.1, 0.15) is 61.9 Å². The fourth-order valence-electron chi connectivity index (χ4n) is 4.86. The van der Waals surface area contributed by atoms with Crippen molar-refractivity contribution in [1.82, 2.24) is 20.1 Å². The first kappa shape index (κ1) is 22.1. The lowest BCUT2D eigenvalue weighted by atomic mass is 9.75. The number of likely N-dealkylation sites (tertiary alicyclic amines) is 1. The Bertz CT molecular complexity index is 1030. The van der Waals surface area contributed by atoms with Crippen molar-refractivity contribution in [3.05, 3.63) is 47.0 Å². The van der Waals surface area contributed by atoms with Gasteiger partial charge < -0.3 is 4.90 Å². The Hall–Kier alpha value is -3.10. The van der Waals surface area contributed by atoms with E-state index in [2.05, 4.69) is 14.9 Å². The summed E-state index contributed by atoms with van der Waals surface area (Å²) in [6.07, 6.45) is 3.94. The summed E-state index contributed by atoms with van der Waals surface area (Å²) in [5.74, 6) is -1.79. The van der Waals surface area contributed by atoms with Gasteiger partial charge in [-0.2, -0.15) is 0 Å². The van der Waals surface area contributed by atoms with Crippen molar-refractivity contribution in [1.29, 1.82) is 0 Å². The van der Waals surface area contributed by atoms with Gasteiger partial charge in [0.2, 0.25) is 17.7 Å². The van der Waals surface area contributed by atoms with E-state index in [1.54, 1.807) is 20.0 Å². The van der Waals surface area contributed by atoms with Gasteiger partial charge >= 0.3 is 0 Å². The molecular formula is C23H27FN4O4. The van der Waals surface area contributed by atoms with Crippen LogP contribution in [-0.4, -0.2) is 50.9 Å². The minimum absolute atomic E-state index is 0.0951. The van der Waals surface area contributed by atoms with E-state index in [0.29, 0.717) is 11.4 Å².